The van der Waals surface area contributed by atoms with Gasteiger partial charge in [0.05, 0.1) is 6.20 Å². The van der Waals surface area contributed by atoms with E-state index in [9.17, 15) is 0 Å². The highest BCUT2D eigenvalue weighted by atomic mass is 35.5. The topological polar surface area (TPSA) is 49.2 Å². The van der Waals surface area contributed by atoms with Gasteiger partial charge in [-0.25, -0.2) is 9.97 Å². The first-order chi connectivity index (χ1) is 7.83. The summed E-state index contributed by atoms with van der Waals surface area (Å²) in [7, 11) is 0. The smallest absolute Gasteiger partial charge is 0.151 e. The number of halogens is 1. The van der Waals surface area contributed by atoms with Crippen molar-refractivity contribution < 1.29 is 5.11 Å². The molecule has 0 radical (unpaired) electrons. The standard InChI is InChI=1S/C11H16ClN3O/c12-10-7-13-8-14-11(10)15-5-2-1-3-9(15)4-6-16/h7-9,16H,1-6H2. The third-order valence-electron chi connectivity index (χ3n) is 3.01. The van der Waals surface area contributed by atoms with Crippen LogP contribution in [0.5, 0.6) is 0 Å². The number of anilines is 1. The van der Waals surface area contributed by atoms with Crippen molar-refractivity contribution in [3.8, 4) is 0 Å². The Balaban J connectivity index is 2.19. The van der Waals surface area contributed by atoms with E-state index in [1.54, 1.807) is 6.20 Å². The van der Waals surface area contributed by atoms with Crippen LogP contribution in [-0.2, 0) is 0 Å². The van der Waals surface area contributed by atoms with E-state index in [2.05, 4.69) is 14.9 Å². The normalized spacial score (nSPS) is 21.1. The number of piperidine rings is 1. The molecule has 2 heterocycles. The van der Waals surface area contributed by atoms with Crippen molar-refractivity contribution in [2.75, 3.05) is 18.1 Å². The minimum atomic E-state index is 0.212. The first-order valence-corrected chi connectivity index (χ1v) is 6.03. The van der Waals surface area contributed by atoms with Gasteiger partial charge in [-0.15, -0.1) is 0 Å². The highest BCUT2D eigenvalue weighted by molar-refractivity contribution is 6.32. The molecule has 1 fully saturated rings. The van der Waals surface area contributed by atoms with Crippen molar-refractivity contribution in [3.63, 3.8) is 0 Å². The number of hydrogen-bond donors (Lipinski definition) is 1. The van der Waals surface area contributed by atoms with E-state index in [-0.39, 0.29) is 6.61 Å². The summed E-state index contributed by atoms with van der Waals surface area (Å²) in [5.74, 6) is 0.801. The molecule has 0 bridgehead atoms. The predicted molar refractivity (Wildman–Crippen MR) is 63.7 cm³/mol. The number of hydrogen-bond acceptors (Lipinski definition) is 4. The van der Waals surface area contributed by atoms with Crippen LogP contribution in [0.4, 0.5) is 5.82 Å². The number of aliphatic hydroxyl groups excluding tert-OH is 1. The van der Waals surface area contributed by atoms with E-state index in [0.717, 1.165) is 31.6 Å². The fraction of sp³-hybridized carbons (Fsp3) is 0.636. The van der Waals surface area contributed by atoms with Crippen molar-refractivity contribution in [2.45, 2.75) is 31.7 Å². The van der Waals surface area contributed by atoms with E-state index in [1.807, 2.05) is 0 Å². The van der Waals surface area contributed by atoms with Crippen molar-refractivity contribution in [1.29, 1.82) is 0 Å². The number of nitrogens with zero attached hydrogens (tertiary/aromatic N) is 3. The molecule has 4 nitrogen and oxygen atoms in total. The summed E-state index contributed by atoms with van der Waals surface area (Å²) in [6.07, 6.45) is 7.38. The molecule has 1 aliphatic rings. The maximum atomic E-state index is 9.06. The van der Waals surface area contributed by atoms with Gasteiger partial charge >= 0.3 is 0 Å². The molecule has 0 aromatic carbocycles. The monoisotopic (exact) mass is 241 g/mol. The number of aromatic nitrogens is 2. The van der Waals surface area contributed by atoms with Crippen molar-refractivity contribution in [3.05, 3.63) is 17.5 Å². The summed E-state index contributed by atoms with van der Waals surface area (Å²) in [6, 6.07) is 0.353. The third kappa shape index (κ3) is 2.44. The molecule has 1 atom stereocenters. The van der Waals surface area contributed by atoms with Crippen LogP contribution in [0.2, 0.25) is 5.02 Å². The highest BCUT2D eigenvalue weighted by Gasteiger charge is 2.24. The number of aliphatic hydroxyl groups is 1. The Kier molecular flexibility index (Phi) is 3.96. The lowest BCUT2D eigenvalue weighted by molar-refractivity contribution is 0.262. The van der Waals surface area contributed by atoms with Crippen LogP contribution in [0.15, 0.2) is 12.5 Å². The SMILES string of the molecule is OCCC1CCCCN1c1ncncc1Cl. The van der Waals surface area contributed by atoms with Gasteiger partial charge in [0.2, 0.25) is 0 Å². The van der Waals surface area contributed by atoms with Crippen LogP contribution >= 0.6 is 11.6 Å². The van der Waals surface area contributed by atoms with Gasteiger partial charge in [-0.3, -0.25) is 0 Å². The second-order valence-corrected chi connectivity index (χ2v) is 4.46. The quantitative estimate of drug-likeness (QED) is 0.878. The average Bonchev–Trinajstić information content (AvgIpc) is 2.31. The van der Waals surface area contributed by atoms with Crippen LogP contribution in [0.3, 0.4) is 0 Å². The largest absolute Gasteiger partial charge is 0.396 e. The Labute approximate surface area is 100 Å². The molecule has 0 amide bonds. The van der Waals surface area contributed by atoms with Crippen molar-refractivity contribution in [1.82, 2.24) is 9.97 Å². The fourth-order valence-electron chi connectivity index (χ4n) is 2.25. The summed E-state index contributed by atoms with van der Waals surface area (Å²) in [5.41, 5.74) is 0. The van der Waals surface area contributed by atoms with Crippen LogP contribution in [0.1, 0.15) is 25.7 Å². The molecule has 2 rings (SSSR count). The van der Waals surface area contributed by atoms with Crippen molar-refractivity contribution in [2.24, 2.45) is 0 Å². The molecule has 5 heteroatoms. The Bertz CT molecular complexity index is 346. The maximum Gasteiger partial charge on any atom is 0.151 e. The van der Waals surface area contributed by atoms with Gasteiger partial charge in [0.25, 0.3) is 0 Å². The molecule has 1 aromatic rings. The van der Waals surface area contributed by atoms with E-state index in [0.29, 0.717) is 11.1 Å². The van der Waals surface area contributed by atoms with E-state index in [4.69, 9.17) is 16.7 Å². The van der Waals surface area contributed by atoms with Crippen LogP contribution < -0.4 is 4.90 Å². The summed E-state index contributed by atoms with van der Waals surface area (Å²) in [4.78, 5) is 10.3. The molecule has 0 spiro atoms. The maximum absolute atomic E-state index is 9.06. The number of rotatable bonds is 3. The Morgan fingerprint density at radius 2 is 2.38 bits per heavy atom. The average molecular weight is 242 g/mol. The zero-order valence-electron chi connectivity index (χ0n) is 9.14. The van der Waals surface area contributed by atoms with Gasteiger partial charge in [-0.1, -0.05) is 11.6 Å². The van der Waals surface area contributed by atoms with Gasteiger partial charge < -0.3 is 10.0 Å². The van der Waals surface area contributed by atoms with E-state index >= 15 is 0 Å². The van der Waals surface area contributed by atoms with Gasteiger partial charge in [0, 0.05) is 19.2 Å². The third-order valence-corrected chi connectivity index (χ3v) is 3.28. The van der Waals surface area contributed by atoms with Crippen LogP contribution in [0, 0.1) is 0 Å². The molecular formula is C11H16ClN3O. The summed E-state index contributed by atoms with van der Waals surface area (Å²) in [6.45, 7) is 1.17. The molecule has 1 unspecified atom stereocenters. The van der Waals surface area contributed by atoms with Gasteiger partial charge in [0.1, 0.15) is 11.3 Å². The molecular weight excluding hydrogens is 226 g/mol. The Hall–Kier alpha value is -0.870. The van der Waals surface area contributed by atoms with E-state index in [1.165, 1.54) is 12.7 Å². The summed E-state index contributed by atoms with van der Waals surface area (Å²) >= 11 is 6.09. The van der Waals surface area contributed by atoms with Crippen LogP contribution in [0.25, 0.3) is 0 Å². The fourth-order valence-corrected chi connectivity index (χ4v) is 2.46. The van der Waals surface area contributed by atoms with Crippen LogP contribution in [-0.4, -0.2) is 34.3 Å². The zero-order valence-corrected chi connectivity index (χ0v) is 9.90. The lowest BCUT2D eigenvalue weighted by Gasteiger charge is -2.36. The molecule has 16 heavy (non-hydrogen) atoms. The zero-order chi connectivity index (χ0) is 11.4. The Morgan fingerprint density at radius 1 is 1.50 bits per heavy atom. The van der Waals surface area contributed by atoms with Gasteiger partial charge in [0.15, 0.2) is 5.82 Å². The molecule has 1 N–H and O–H groups in total. The van der Waals surface area contributed by atoms with E-state index < -0.39 is 0 Å². The molecule has 88 valence electrons. The second-order valence-electron chi connectivity index (χ2n) is 4.05. The predicted octanol–water partition coefficient (Wildman–Crippen LogP) is 1.87. The minimum absolute atomic E-state index is 0.212. The summed E-state index contributed by atoms with van der Waals surface area (Å²) in [5, 5.41) is 9.65. The molecule has 1 aromatic heterocycles. The van der Waals surface area contributed by atoms with Gasteiger partial charge in [-0.2, -0.15) is 0 Å². The molecule has 1 aliphatic heterocycles. The first-order valence-electron chi connectivity index (χ1n) is 5.66. The lowest BCUT2D eigenvalue weighted by atomic mass is 10.00. The van der Waals surface area contributed by atoms with Gasteiger partial charge in [-0.05, 0) is 25.7 Å². The first kappa shape index (κ1) is 11.6. The summed E-state index contributed by atoms with van der Waals surface area (Å²) < 4.78 is 0. The minimum Gasteiger partial charge on any atom is -0.396 e. The molecule has 0 saturated carbocycles. The van der Waals surface area contributed by atoms with Crippen molar-refractivity contribution >= 4 is 17.4 Å². The highest BCUT2D eigenvalue weighted by Crippen LogP contribution is 2.29. The molecule has 0 aliphatic carbocycles. The second kappa shape index (κ2) is 5.46. The molecule has 1 saturated heterocycles. The Morgan fingerprint density at radius 3 is 3.12 bits per heavy atom. The lowest BCUT2D eigenvalue weighted by Crippen LogP contribution is -2.40.